The van der Waals surface area contributed by atoms with Crippen LogP contribution < -0.4 is 9.16 Å². The van der Waals surface area contributed by atoms with Crippen molar-refractivity contribution in [1.82, 2.24) is 0 Å². The highest BCUT2D eigenvalue weighted by Gasteiger charge is 2.41. The quantitative estimate of drug-likeness (QED) is 0.147. The van der Waals surface area contributed by atoms with Gasteiger partial charge in [0.05, 0.1) is 0 Å². The Kier molecular flexibility index (Phi) is 8.09. The molecule has 3 nitrogen and oxygen atoms in total. The maximum absolute atomic E-state index is 6.75. The van der Waals surface area contributed by atoms with Gasteiger partial charge in [-0.1, -0.05) is 68.7 Å². The molecule has 0 aromatic heterocycles. The van der Waals surface area contributed by atoms with E-state index in [4.69, 9.17) is 13.9 Å². The van der Waals surface area contributed by atoms with E-state index in [0.29, 0.717) is 25.0 Å². The average molecular weight is 531 g/mol. The van der Waals surface area contributed by atoms with Crippen LogP contribution in [-0.4, -0.2) is 21.5 Å². The molecule has 0 radical (unpaired) electrons. The summed E-state index contributed by atoms with van der Waals surface area (Å²) in [4.78, 5) is 0. The maximum Gasteiger partial charge on any atom is 0.250 e. The van der Waals surface area contributed by atoms with E-state index in [1.165, 1.54) is 51.4 Å². The minimum atomic E-state index is -1.94. The predicted octanol–water partition coefficient (Wildman–Crippen LogP) is 9.57. The van der Waals surface area contributed by atoms with Crippen molar-refractivity contribution in [2.24, 2.45) is 11.8 Å². The third-order valence-corrected chi connectivity index (χ3v) is 13.6. The van der Waals surface area contributed by atoms with Crippen LogP contribution in [0, 0.1) is 11.8 Å². The summed E-state index contributed by atoms with van der Waals surface area (Å²) < 4.78 is 19.5. The van der Waals surface area contributed by atoms with Crippen molar-refractivity contribution in [2.75, 3.05) is 13.2 Å². The number of hydrogen-bond acceptors (Lipinski definition) is 3. The standard InChI is InChI=1S/C34H46O3Si/c1-34(2,3)38(4,5)37-29-18-11-15-27(24-29)33(36-22-21-35-28-16-7-6-8-17-28)32-26-14-12-20-31(32)30-19-10-9-13-25(30)23-26/h6-8,11,15-18,24,26,31H,9-10,12-14,19-23H2,1-5H3. The van der Waals surface area contributed by atoms with E-state index in [0.717, 1.165) is 22.8 Å². The van der Waals surface area contributed by atoms with Crippen LogP contribution in [-0.2, 0) is 4.74 Å². The lowest BCUT2D eigenvalue weighted by atomic mass is 9.62. The number of benzene rings is 2. The Labute approximate surface area is 231 Å². The predicted molar refractivity (Wildman–Crippen MR) is 160 cm³/mol. The lowest BCUT2D eigenvalue weighted by Gasteiger charge is -2.43. The van der Waals surface area contributed by atoms with E-state index in [-0.39, 0.29) is 5.04 Å². The van der Waals surface area contributed by atoms with Crippen LogP contribution in [0.25, 0.3) is 5.76 Å². The number of para-hydroxylation sites is 1. The highest BCUT2D eigenvalue weighted by atomic mass is 28.4. The van der Waals surface area contributed by atoms with Crippen molar-refractivity contribution in [3.8, 4) is 11.5 Å². The Bertz CT molecular complexity index is 1170. The topological polar surface area (TPSA) is 27.7 Å². The van der Waals surface area contributed by atoms with Crippen LogP contribution in [0.1, 0.15) is 77.7 Å². The van der Waals surface area contributed by atoms with Gasteiger partial charge in [0.15, 0.2) is 0 Å². The van der Waals surface area contributed by atoms with Crippen molar-refractivity contribution in [3.63, 3.8) is 0 Å². The molecular weight excluding hydrogens is 484 g/mol. The van der Waals surface area contributed by atoms with Crippen LogP contribution in [0.5, 0.6) is 11.5 Å². The molecule has 38 heavy (non-hydrogen) atoms. The first-order chi connectivity index (χ1) is 18.2. The Morgan fingerprint density at radius 2 is 1.63 bits per heavy atom. The van der Waals surface area contributed by atoms with Crippen molar-refractivity contribution in [3.05, 3.63) is 76.9 Å². The third-order valence-electron chi connectivity index (χ3n) is 9.28. The summed E-state index contributed by atoms with van der Waals surface area (Å²) in [6.07, 6.45) is 10.4. The van der Waals surface area contributed by atoms with Crippen molar-refractivity contribution in [2.45, 2.75) is 90.3 Å². The van der Waals surface area contributed by atoms with Crippen molar-refractivity contribution in [1.29, 1.82) is 0 Å². The van der Waals surface area contributed by atoms with Crippen LogP contribution in [0.4, 0.5) is 0 Å². The van der Waals surface area contributed by atoms with Gasteiger partial charge in [-0.2, -0.15) is 0 Å². The summed E-state index contributed by atoms with van der Waals surface area (Å²) >= 11 is 0. The first-order valence-corrected chi connectivity index (χ1v) is 17.7. The molecule has 4 heteroatoms. The van der Waals surface area contributed by atoms with Crippen molar-refractivity contribution >= 4 is 14.1 Å². The molecule has 0 heterocycles. The number of hydrogen-bond donors (Lipinski definition) is 0. The minimum absolute atomic E-state index is 0.153. The summed E-state index contributed by atoms with van der Waals surface area (Å²) in [6.45, 7) is 12.6. The normalized spacial score (nSPS) is 23.0. The molecule has 3 aliphatic carbocycles. The first-order valence-electron chi connectivity index (χ1n) is 14.8. The van der Waals surface area contributed by atoms with E-state index in [2.05, 4.69) is 58.1 Å². The smallest absolute Gasteiger partial charge is 0.250 e. The monoisotopic (exact) mass is 530 g/mol. The molecule has 204 valence electrons. The molecule has 2 atom stereocenters. The summed E-state index contributed by atoms with van der Waals surface area (Å²) in [7, 11) is -1.94. The molecule has 0 saturated heterocycles. The zero-order valence-electron chi connectivity index (χ0n) is 24.1. The molecule has 0 aliphatic heterocycles. The molecule has 1 fully saturated rings. The Morgan fingerprint density at radius 1 is 0.868 bits per heavy atom. The Balaban J connectivity index is 1.47. The zero-order valence-corrected chi connectivity index (χ0v) is 25.1. The lowest BCUT2D eigenvalue weighted by Crippen LogP contribution is -2.43. The highest BCUT2D eigenvalue weighted by molar-refractivity contribution is 6.74. The molecule has 1 saturated carbocycles. The molecule has 0 N–H and O–H groups in total. The molecule has 3 aliphatic rings. The fourth-order valence-corrected chi connectivity index (χ4v) is 7.35. The number of rotatable bonds is 8. The fraction of sp³-hybridized carbons (Fsp3) is 0.529. The summed E-state index contributed by atoms with van der Waals surface area (Å²) in [5.74, 6) is 4.10. The fourth-order valence-electron chi connectivity index (χ4n) is 6.33. The van der Waals surface area contributed by atoms with E-state index in [9.17, 15) is 0 Å². The number of allylic oxidation sites excluding steroid dienone is 3. The van der Waals surface area contributed by atoms with Crippen LogP contribution in [0.15, 0.2) is 71.3 Å². The van der Waals surface area contributed by atoms with Gasteiger partial charge in [-0.15, -0.1) is 0 Å². The van der Waals surface area contributed by atoms with Crippen LogP contribution in [0.2, 0.25) is 18.1 Å². The molecular formula is C34H46O3Si. The zero-order chi connectivity index (χ0) is 26.8. The van der Waals surface area contributed by atoms with Crippen molar-refractivity contribution < 1.29 is 13.9 Å². The molecule has 2 bridgehead atoms. The highest BCUT2D eigenvalue weighted by Crippen LogP contribution is 2.53. The van der Waals surface area contributed by atoms with Gasteiger partial charge in [0.1, 0.15) is 30.5 Å². The van der Waals surface area contributed by atoms with Crippen LogP contribution >= 0.6 is 0 Å². The summed E-state index contributed by atoms with van der Waals surface area (Å²) in [6, 6.07) is 18.8. The van der Waals surface area contributed by atoms with Gasteiger partial charge in [0, 0.05) is 11.5 Å². The van der Waals surface area contributed by atoms with E-state index in [1.54, 1.807) is 16.7 Å². The molecule has 0 spiro atoms. The van der Waals surface area contributed by atoms with E-state index < -0.39 is 8.32 Å². The third kappa shape index (κ3) is 5.91. The SMILES string of the molecule is CC(C)(C)[Si](C)(C)Oc1cccc(C(OCCOc2ccccc2)=C2C3CCCC2C2=C(CCCC2)C3)c1. The minimum Gasteiger partial charge on any atom is -0.543 e. The molecule has 0 amide bonds. The van der Waals surface area contributed by atoms with Gasteiger partial charge in [0.25, 0.3) is 0 Å². The Hall–Kier alpha value is -2.46. The van der Waals surface area contributed by atoms with Gasteiger partial charge < -0.3 is 13.9 Å². The number of ether oxygens (including phenoxy) is 2. The summed E-state index contributed by atoms with van der Waals surface area (Å²) in [5, 5.41) is 0.153. The van der Waals surface area contributed by atoms with Gasteiger partial charge >= 0.3 is 0 Å². The van der Waals surface area contributed by atoms with E-state index >= 15 is 0 Å². The van der Waals surface area contributed by atoms with Crippen LogP contribution in [0.3, 0.4) is 0 Å². The van der Waals surface area contributed by atoms with E-state index in [1.807, 2.05) is 30.3 Å². The average Bonchev–Trinajstić information content (AvgIpc) is 2.88. The van der Waals surface area contributed by atoms with Gasteiger partial charge in [-0.3, -0.25) is 0 Å². The Morgan fingerprint density at radius 3 is 2.42 bits per heavy atom. The molecule has 5 rings (SSSR count). The second-order valence-corrected chi connectivity index (χ2v) is 17.6. The molecule has 2 aromatic rings. The lowest BCUT2D eigenvalue weighted by molar-refractivity contribution is 0.188. The molecule has 2 aromatic carbocycles. The first kappa shape index (κ1) is 27.1. The maximum atomic E-state index is 6.75. The largest absolute Gasteiger partial charge is 0.543 e. The van der Waals surface area contributed by atoms with Gasteiger partial charge in [-0.05, 0) is 98.8 Å². The molecule has 2 unspecified atom stereocenters. The number of fused-ring (bicyclic) bond motifs is 3. The summed E-state index contributed by atoms with van der Waals surface area (Å²) in [5.41, 5.74) is 6.24. The second kappa shape index (κ2) is 11.3. The van der Waals surface area contributed by atoms with Gasteiger partial charge in [-0.25, -0.2) is 0 Å². The van der Waals surface area contributed by atoms with Gasteiger partial charge in [0.2, 0.25) is 8.32 Å². The second-order valence-electron chi connectivity index (χ2n) is 12.9.